The van der Waals surface area contributed by atoms with Crippen molar-refractivity contribution >= 4 is 23.6 Å². The molecule has 1 heterocycles. The number of hydrogen-bond acceptors (Lipinski definition) is 5. The van der Waals surface area contributed by atoms with Gasteiger partial charge in [0.15, 0.2) is 0 Å². The zero-order chi connectivity index (χ0) is 23.5. The molecule has 2 fully saturated rings. The molecule has 0 bridgehead atoms. The summed E-state index contributed by atoms with van der Waals surface area (Å²) in [5, 5.41) is 8.69. The number of carboxylic acid groups (broad SMARTS) is 1. The van der Waals surface area contributed by atoms with E-state index in [9.17, 15) is 19.2 Å². The molecule has 174 valence electrons. The molecule has 0 aromatic heterocycles. The molecular weight excluding hydrogens is 386 g/mol. The van der Waals surface area contributed by atoms with Crippen LogP contribution >= 0.6 is 0 Å². The number of carboxylic acids is 1. The van der Waals surface area contributed by atoms with Gasteiger partial charge in [0.05, 0.1) is 6.42 Å². The Morgan fingerprint density at radius 3 is 1.90 bits per heavy atom. The summed E-state index contributed by atoms with van der Waals surface area (Å²) in [6.07, 6.45) is 2.79. The highest BCUT2D eigenvalue weighted by Gasteiger charge is 2.28. The Morgan fingerprint density at radius 2 is 1.53 bits per heavy atom. The molecule has 1 aliphatic carbocycles. The highest BCUT2D eigenvalue weighted by Crippen LogP contribution is 2.25. The van der Waals surface area contributed by atoms with Crippen molar-refractivity contribution in [1.29, 1.82) is 0 Å². The molecule has 1 saturated carbocycles. The number of hydrogen-bond donors (Lipinski definition) is 1. The third-order valence-electron chi connectivity index (χ3n) is 5.05. The summed E-state index contributed by atoms with van der Waals surface area (Å²) in [7, 11) is 0. The quantitative estimate of drug-likeness (QED) is 0.654. The van der Waals surface area contributed by atoms with Crippen molar-refractivity contribution in [3.8, 4) is 0 Å². The molecule has 7 heteroatoms. The first-order valence-corrected chi connectivity index (χ1v) is 11.1. The third-order valence-corrected chi connectivity index (χ3v) is 5.05. The number of ether oxygens (including phenoxy) is 1. The fourth-order valence-corrected chi connectivity index (χ4v) is 3.39. The Balaban J connectivity index is 0.000000557. The van der Waals surface area contributed by atoms with Gasteiger partial charge in [-0.1, -0.05) is 27.7 Å². The lowest BCUT2D eigenvalue weighted by atomic mass is 9.80. The number of rotatable bonds is 3. The van der Waals surface area contributed by atoms with Crippen molar-refractivity contribution in [2.75, 3.05) is 13.1 Å². The van der Waals surface area contributed by atoms with Crippen LogP contribution in [0, 0.1) is 17.8 Å². The molecule has 7 nitrogen and oxygen atoms in total. The number of carbonyl (C=O) groups is 4. The number of aliphatic carboxylic acids is 1. The summed E-state index contributed by atoms with van der Waals surface area (Å²) in [6, 6.07) is 0. The monoisotopic (exact) mass is 427 g/mol. The molecule has 0 aromatic rings. The Hall–Kier alpha value is -1.92. The average Bonchev–Trinajstić information content (AvgIpc) is 2.62. The number of likely N-dealkylation sites (tertiary alicyclic amines) is 1. The number of nitrogens with zero attached hydrogens (tertiary/aromatic N) is 1. The van der Waals surface area contributed by atoms with E-state index < -0.39 is 11.6 Å². The second-order valence-electron chi connectivity index (χ2n) is 9.18. The first-order chi connectivity index (χ1) is 13.9. The maximum Gasteiger partial charge on any atom is 0.410 e. The van der Waals surface area contributed by atoms with Gasteiger partial charge >= 0.3 is 12.1 Å². The molecule has 0 atom stereocenters. The topological polar surface area (TPSA) is 101 Å². The van der Waals surface area contributed by atoms with Gasteiger partial charge in [-0.3, -0.25) is 14.4 Å². The molecule has 2 rings (SSSR count). The van der Waals surface area contributed by atoms with E-state index in [0.29, 0.717) is 37.8 Å². The molecule has 30 heavy (non-hydrogen) atoms. The number of carbonyl (C=O) groups excluding carboxylic acids is 3. The second-order valence-corrected chi connectivity index (χ2v) is 9.18. The molecule has 0 radical (unpaired) electrons. The Kier molecular flexibility index (Phi) is 12.5. The van der Waals surface area contributed by atoms with Gasteiger partial charge in [0.2, 0.25) is 0 Å². The first-order valence-electron chi connectivity index (χ1n) is 11.1. The zero-order valence-electron chi connectivity index (χ0n) is 19.8. The van der Waals surface area contributed by atoms with Crippen molar-refractivity contribution < 1.29 is 29.0 Å². The standard InChI is InChI=1S/C12H21NO4.C9H14O2.C2H6/c1-12(2,3)17-11(16)13-6-4-9(5-7-13)8-10(14)15;1-6(2)7-3-8(10)5-9(11)4-7;1-2/h9H,4-8H2,1-3H3,(H,14,15);6-7H,3-5H2,1-2H3;1-2H3. The van der Waals surface area contributed by atoms with Gasteiger partial charge in [-0.25, -0.2) is 4.79 Å². The predicted molar refractivity (Wildman–Crippen MR) is 116 cm³/mol. The van der Waals surface area contributed by atoms with E-state index in [1.807, 2.05) is 34.6 Å². The maximum atomic E-state index is 11.7. The lowest BCUT2D eigenvalue weighted by Crippen LogP contribution is -2.42. The van der Waals surface area contributed by atoms with E-state index in [-0.39, 0.29) is 36.4 Å². The summed E-state index contributed by atoms with van der Waals surface area (Å²) >= 11 is 0. The van der Waals surface area contributed by atoms with Crippen molar-refractivity contribution in [2.24, 2.45) is 17.8 Å². The van der Waals surface area contributed by atoms with Gasteiger partial charge in [-0.05, 0) is 51.4 Å². The van der Waals surface area contributed by atoms with Crippen LogP contribution in [-0.4, -0.2) is 52.3 Å². The van der Waals surface area contributed by atoms with Crippen LogP contribution in [0.4, 0.5) is 4.79 Å². The van der Waals surface area contributed by atoms with Crippen LogP contribution in [0.5, 0.6) is 0 Å². The molecule has 1 saturated heterocycles. The van der Waals surface area contributed by atoms with Crippen molar-refractivity contribution in [3.63, 3.8) is 0 Å². The maximum absolute atomic E-state index is 11.7. The normalized spacial score (nSPS) is 18.2. The Morgan fingerprint density at radius 1 is 1.07 bits per heavy atom. The van der Waals surface area contributed by atoms with E-state index in [4.69, 9.17) is 9.84 Å². The van der Waals surface area contributed by atoms with Crippen LogP contribution in [0.2, 0.25) is 0 Å². The summed E-state index contributed by atoms with van der Waals surface area (Å²) in [5.74, 6) is 0.443. The third kappa shape index (κ3) is 11.9. The second kappa shape index (κ2) is 13.4. The Bertz CT molecular complexity index is 555. The lowest BCUT2D eigenvalue weighted by Gasteiger charge is -2.32. The van der Waals surface area contributed by atoms with Crippen LogP contribution in [0.3, 0.4) is 0 Å². The molecule has 0 aromatic carbocycles. The highest BCUT2D eigenvalue weighted by molar-refractivity contribution is 6.01. The molecular formula is C23H41NO6. The minimum Gasteiger partial charge on any atom is -0.481 e. The van der Waals surface area contributed by atoms with Crippen LogP contribution in [0.1, 0.15) is 87.0 Å². The first kappa shape index (κ1) is 28.1. The largest absolute Gasteiger partial charge is 0.481 e. The number of amides is 1. The molecule has 0 unspecified atom stereocenters. The van der Waals surface area contributed by atoms with E-state index in [1.54, 1.807) is 4.90 Å². The summed E-state index contributed by atoms with van der Waals surface area (Å²) in [5.41, 5.74) is -0.477. The molecule has 1 amide bonds. The van der Waals surface area contributed by atoms with Gasteiger partial charge in [0.1, 0.15) is 17.2 Å². The number of ketones is 2. The minimum absolute atomic E-state index is 0.125. The van der Waals surface area contributed by atoms with Gasteiger partial charge in [0, 0.05) is 32.4 Å². The zero-order valence-corrected chi connectivity index (χ0v) is 19.8. The van der Waals surface area contributed by atoms with Gasteiger partial charge < -0.3 is 14.7 Å². The van der Waals surface area contributed by atoms with E-state index in [0.717, 1.165) is 12.8 Å². The van der Waals surface area contributed by atoms with Crippen molar-refractivity contribution in [3.05, 3.63) is 0 Å². The van der Waals surface area contributed by atoms with Gasteiger partial charge in [0.25, 0.3) is 0 Å². The fraction of sp³-hybridized carbons (Fsp3) is 0.826. The fourth-order valence-electron chi connectivity index (χ4n) is 3.39. The highest BCUT2D eigenvalue weighted by atomic mass is 16.6. The lowest BCUT2D eigenvalue weighted by molar-refractivity contribution is -0.138. The smallest absolute Gasteiger partial charge is 0.410 e. The molecule has 1 aliphatic heterocycles. The van der Waals surface area contributed by atoms with Crippen LogP contribution < -0.4 is 0 Å². The molecule has 2 aliphatic rings. The summed E-state index contributed by atoms with van der Waals surface area (Å²) < 4.78 is 5.26. The molecule has 1 N–H and O–H groups in total. The minimum atomic E-state index is -0.763. The van der Waals surface area contributed by atoms with E-state index >= 15 is 0 Å². The van der Waals surface area contributed by atoms with Crippen LogP contribution in [0.15, 0.2) is 0 Å². The van der Waals surface area contributed by atoms with Crippen molar-refractivity contribution in [1.82, 2.24) is 4.90 Å². The average molecular weight is 428 g/mol. The van der Waals surface area contributed by atoms with Crippen LogP contribution in [-0.2, 0) is 19.1 Å². The van der Waals surface area contributed by atoms with E-state index in [2.05, 4.69) is 13.8 Å². The summed E-state index contributed by atoms with van der Waals surface area (Å²) in [6.45, 7) is 14.8. The summed E-state index contributed by atoms with van der Waals surface area (Å²) in [4.78, 5) is 45.9. The number of Topliss-reactive ketones (excluding diaryl/α,β-unsaturated/α-hetero) is 2. The van der Waals surface area contributed by atoms with Crippen molar-refractivity contribution in [2.45, 2.75) is 92.6 Å². The number of piperidine rings is 1. The molecule has 0 spiro atoms. The van der Waals surface area contributed by atoms with Gasteiger partial charge in [-0.2, -0.15) is 0 Å². The van der Waals surface area contributed by atoms with Gasteiger partial charge in [-0.15, -0.1) is 0 Å². The Labute approximate surface area is 181 Å². The van der Waals surface area contributed by atoms with Crippen LogP contribution in [0.25, 0.3) is 0 Å². The van der Waals surface area contributed by atoms with E-state index in [1.165, 1.54) is 0 Å². The SMILES string of the molecule is CC.CC(C)(C)OC(=O)N1CCC(CC(=O)O)CC1.CC(C)C1CC(=O)CC(=O)C1. The predicted octanol–water partition coefficient (Wildman–Crippen LogP) is 4.72.